The molecule has 2 unspecified atom stereocenters. The van der Waals surface area contributed by atoms with Gasteiger partial charge in [-0.25, -0.2) is 0 Å². The third kappa shape index (κ3) is 5.96. The molecule has 30 heavy (non-hydrogen) atoms. The molecule has 2 aromatic rings. The van der Waals surface area contributed by atoms with Gasteiger partial charge in [0.15, 0.2) is 0 Å². The average Bonchev–Trinajstić information content (AvgIpc) is 2.75. The van der Waals surface area contributed by atoms with Crippen molar-refractivity contribution < 1.29 is 19.5 Å². The van der Waals surface area contributed by atoms with Crippen LogP contribution in [0.5, 0.6) is 0 Å². The molecule has 0 radical (unpaired) electrons. The number of nitrogens with one attached hydrogen (secondary N) is 2. The number of halogens is 1. The van der Waals surface area contributed by atoms with E-state index in [1.807, 2.05) is 42.5 Å². The molecule has 0 spiro atoms. The van der Waals surface area contributed by atoms with Crippen LogP contribution in [0, 0.1) is 11.8 Å². The highest BCUT2D eigenvalue weighted by molar-refractivity contribution is 9.10. The van der Waals surface area contributed by atoms with E-state index < -0.39 is 17.8 Å². The second kappa shape index (κ2) is 10.4. The minimum Gasteiger partial charge on any atom is -0.481 e. The van der Waals surface area contributed by atoms with Gasteiger partial charge in [0.25, 0.3) is 0 Å². The first kappa shape index (κ1) is 22.1. The highest BCUT2D eigenvalue weighted by Gasteiger charge is 2.33. The monoisotopic (exact) mass is 488 g/mol. The number of para-hydroxylation sites is 1. The maximum absolute atomic E-state index is 12.5. The van der Waals surface area contributed by atoms with Gasteiger partial charge in [0.1, 0.15) is 0 Å². The first-order valence-electron chi connectivity index (χ1n) is 9.40. The maximum Gasteiger partial charge on any atom is 0.307 e. The molecule has 3 rings (SSSR count). The molecule has 3 N–H and O–H groups in total. The minimum atomic E-state index is -0.952. The first-order valence-corrected chi connectivity index (χ1v) is 11.2. The number of allylic oxidation sites excluding steroid dienone is 2. The number of carbonyl (C=O) groups is 3. The van der Waals surface area contributed by atoms with E-state index in [-0.39, 0.29) is 17.6 Å². The van der Waals surface area contributed by atoms with Gasteiger partial charge in [-0.3, -0.25) is 14.4 Å². The molecule has 2 amide bonds. The lowest BCUT2D eigenvalue weighted by atomic mass is 9.82. The predicted molar refractivity (Wildman–Crippen MR) is 122 cm³/mol. The number of rotatable bonds is 7. The van der Waals surface area contributed by atoms with Crippen molar-refractivity contribution in [3.8, 4) is 0 Å². The van der Waals surface area contributed by atoms with Gasteiger partial charge in [-0.1, -0.05) is 24.3 Å². The number of amides is 2. The van der Waals surface area contributed by atoms with Crippen LogP contribution in [0.15, 0.2) is 70.1 Å². The van der Waals surface area contributed by atoms with E-state index in [0.29, 0.717) is 18.5 Å². The second-order valence-electron chi connectivity index (χ2n) is 6.82. The van der Waals surface area contributed by atoms with Gasteiger partial charge < -0.3 is 15.7 Å². The van der Waals surface area contributed by atoms with E-state index in [9.17, 15) is 19.5 Å². The third-order valence-electron chi connectivity index (χ3n) is 4.73. The second-order valence-corrected chi connectivity index (χ2v) is 8.73. The molecule has 6 nitrogen and oxygen atoms in total. The molecular weight excluding hydrogens is 468 g/mol. The third-order valence-corrected chi connectivity index (χ3v) is 6.43. The summed E-state index contributed by atoms with van der Waals surface area (Å²) < 4.78 is 0.821. The number of anilines is 2. The molecule has 0 aromatic heterocycles. The Bertz CT molecular complexity index is 962. The number of benzene rings is 2. The fourth-order valence-corrected chi connectivity index (χ4v) is 4.23. The zero-order valence-electron chi connectivity index (χ0n) is 16.0. The van der Waals surface area contributed by atoms with E-state index in [1.165, 1.54) is 11.8 Å². The smallest absolute Gasteiger partial charge is 0.307 e. The Hall–Kier alpha value is -2.58. The highest BCUT2D eigenvalue weighted by Crippen LogP contribution is 2.28. The number of aliphatic carboxylic acids is 1. The number of carbonyl (C=O) groups excluding carboxylic acids is 2. The summed E-state index contributed by atoms with van der Waals surface area (Å²) in [5, 5.41) is 15.0. The van der Waals surface area contributed by atoms with Crippen molar-refractivity contribution in [2.24, 2.45) is 11.8 Å². The Balaban J connectivity index is 1.51. The Morgan fingerprint density at radius 1 is 0.967 bits per heavy atom. The summed E-state index contributed by atoms with van der Waals surface area (Å²) in [5.41, 5.74) is 1.32. The summed E-state index contributed by atoms with van der Waals surface area (Å²) in [6, 6.07) is 14.5. The van der Waals surface area contributed by atoms with Crippen LogP contribution in [0.4, 0.5) is 11.4 Å². The molecule has 2 aromatic carbocycles. The Labute approximate surface area is 187 Å². The van der Waals surface area contributed by atoms with Gasteiger partial charge in [0, 0.05) is 15.1 Å². The number of carboxylic acid groups (broad SMARTS) is 1. The summed E-state index contributed by atoms with van der Waals surface area (Å²) in [5.74, 6) is -2.39. The molecule has 0 bridgehead atoms. The minimum absolute atomic E-state index is 0.116. The van der Waals surface area contributed by atoms with Crippen molar-refractivity contribution >= 4 is 56.9 Å². The van der Waals surface area contributed by atoms with E-state index in [2.05, 4.69) is 26.6 Å². The molecule has 8 heteroatoms. The number of carboxylic acids is 1. The molecule has 1 aliphatic carbocycles. The maximum atomic E-state index is 12.5. The Morgan fingerprint density at radius 3 is 2.30 bits per heavy atom. The molecule has 0 aliphatic heterocycles. The zero-order chi connectivity index (χ0) is 21.5. The van der Waals surface area contributed by atoms with Crippen LogP contribution in [0.2, 0.25) is 0 Å². The summed E-state index contributed by atoms with van der Waals surface area (Å²) in [4.78, 5) is 36.9. The Morgan fingerprint density at radius 2 is 1.63 bits per heavy atom. The van der Waals surface area contributed by atoms with Gasteiger partial charge in [-0.2, -0.15) is 0 Å². The van der Waals surface area contributed by atoms with Crippen molar-refractivity contribution in [1.82, 2.24) is 0 Å². The van der Waals surface area contributed by atoms with Crippen LogP contribution in [0.3, 0.4) is 0 Å². The van der Waals surface area contributed by atoms with E-state index in [1.54, 1.807) is 18.2 Å². The van der Waals surface area contributed by atoms with Crippen LogP contribution in [0.1, 0.15) is 12.8 Å². The topological polar surface area (TPSA) is 95.5 Å². The van der Waals surface area contributed by atoms with Crippen molar-refractivity contribution in [2.75, 3.05) is 16.4 Å². The first-order chi connectivity index (χ1) is 14.4. The van der Waals surface area contributed by atoms with E-state index in [0.717, 1.165) is 15.1 Å². The summed E-state index contributed by atoms with van der Waals surface area (Å²) in [6.45, 7) is 0. The van der Waals surface area contributed by atoms with Crippen molar-refractivity contribution in [3.63, 3.8) is 0 Å². The summed E-state index contributed by atoms with van der Waals surface area (Å²) in [7, 11) is 0. The molecular formula is C22H21BrN2O4S. The molecule has 1 aliphatic rings. The highest BCUT2D eigenvalue weighted by atomic mass is 79.9. The largest absolute Gasteiger partial charge is 0.481 e. The van der Waals surface area contributed by atoms with Gasteiger partial charge in [-0.15, -0.1) is 11.8 Å². The van der Waals surface area contributed by atoms with Gasteiger partial charge >= 0.3 is 5.97 Å². The van der Waals surface area contributed by atoms with Crippen LogP contribution >= 0.6 is 27.7 Å². The van der Waals surface area contributed by atoms with Gasteiger partial charge in [0.2, 0.25) is 11.8 Å². The molecule has 2 atom stereocenters. The zero-order valence-corrected chi connectivity index (χ0v) is 18.4. The summed E-state index contributed by atoms with van der Waals surface area (Å²) in [6.07, 6.45) is 4.44. The normalized spacial score (nSPS) is 17.9. The van der Waals surface area contributed by atoms with Crippen molar-refractivity contribution in [1.29, 1.82) is 0 Å². The molecule has 156 valence electrons. The molecule has 0 saturated carbocycles. The van der Waals surface area contributed by atoms with Crippen LogP contribution in [-0.4, -0.2) is 28.6 Å². The molecule has 0 saturated heterocycles. The van der Waals surface area contributed by atoms with Crippen LogP contribution < -0.4 is 10.6 Å². The van der Waals surface area contributed by atoms with Crippen LogP contribution in [-0.2, 0) is 14.4 Å². The average molecular weight is 489 g/mol. The summed E-state index contributed by atoms with van der Waals surface area (Å²) >= 11 is 4.78. The Kier molecular flexibility index (Phi) is 7.70. The van der Waals surface area contributed by atoms with Crippen molar-refractivity contribution in [3.05, 3.63) is 65.2 Å². The van der Waals surface area contributed by atoms with E-state index >= 15 is 0 Å². The van der Waals surface area contributed by atoms with Crippen LogP contribution in [0.25, 0.3) is 0 Å². The quantitative estimate of drug-likeness (QED) is 0.384. The fraction of sp³-hybridized carbons (Fsp3) is 0.227. The molecule has 0 fully saturated rings. The van der Waals surface area contributed by atoms with Gasteiger partial charge in [0.05, 0.1) is 23.3 Å². The molecule has 0 heterocycles. The number of hydrogen-bond acceptors (Lipinski definition) is 4. The number of thioether (sulfide) groups is 1. The fourth-order valence-electron chi connectivity index (χ4n) is 3.14. The predicted octanol–water partition coefficient (Wildman–Crippen LogP) is 4.79. The van der Waals surface area contributed by atoms with E-state index in [4.69, 9.17) is 0 Å². The lowest BCUT2D eigenvalue weighted by Crippen LogP contribution is -2.34. The van der Waals surface area contributed by atoms with Crippen molar-refractivity contribution in [2.45, 2.75) is 17.7 Å². The SMILES string of the molecule is O=C(CSc1ccc(NC(=O)C2CC=CCC2C(=O)O)cc1)Nc1ccccc1Br. The lowest BCUT2D eigenvalue weighted by Gasteiger charge is -2.24. The number of hydrogen-bond donors (Lipinski definition) is 3. The standard InChI is InChI=1S/C22H21BrN2O4S/c23-18-7-3-4-8-19(18)25-20(26)13-30-15-11-9-14(10-12-15)24-21(27)16-5-1-2-6-17(16)22(28)29/h1-4,7-12,16-17H,5-6,13H2,(H,24,27)(H,25,26)(H,28,29). The van der Waals surface area contributed by atoms with Gasteiger partial charge in [-0.05, 0) is 65.2 Å². The lowest BCUT2D eigenvalue weighted by molar-refractivity contribution is -0.146.